The first-order valence-corrected chi connectivity index (χ1v) is 7.52. The minimum atomic E-state index is -4.53. The molecule has 0 spiro atoms. The average Bonchev–Trinajstić information content (AvgIpc) is 2.55. The van der Waals surface area contributed by atoms with Crippen molar-refractivity contribution in [2.45, 2.75) is 6.18 Å². The zero-order valence-electron chi connectivity index (χ0n) is 12.4. The van der Waals surface area contributed by atoms with E-state index in [0.717, 1.165) is 18.2 Å². The summed E-state index contributed by atoms with van der Waals surface area (Å²) >= 11 is 11.6. The first kappa shape index (κ1) is 18.8. The molecule has 0 unspecified atom stereocenters. The van der Waals surface area contributed by atoms with E-state index in [0.29, 0.717) is 10.6 Å². The third-order valence-corrected chi connectivity index (χ3v) is 3.81. The summed E-state index contributed by atoms with van der Waals surface area (Å²) in [6, 6.07) is 10.3. The molecule has 0 atom stereocenters. The lowest BCUT2D eigenvalue weighted by Gasteiger charge is -2.09. The molecule has 1 amide bonds. The number of rotatable bonds is 3. The Morgan fingerprint density at radius 1 is 1.12 bits per heavy atom. The topological polar surface area (TPSA) is 52.9 Å². The molecule has 0 bridgehead atoms. The van der Waals surface area contributed by atoms with Gasteiger partial charge in [0.05, 0.1) is 15.6 Å². The number of halogens is 5. The van der Waals surface area contributed by atoms with Crippen molar-refractivity contribution in [3.05, 3.63) is 69.2 Å². The molecule has 2 rings (SSSR count). The first-order chi connectivity index (χ1) is 11.7. The Balaban J connectivity index is 2.25. The minimum Gasteiger partial charge on any atom is -0.321 e. The highest BCUT2D eigenvalue weighted by Gasteiger charge is 2.30. The van der Waals surface area contributed by atoms with E-state index in [9.17, 15) is 18.0 Å². The third-order valence-electron chi connectivity index (χ3n) is 3.07. The molecule has 0 radical (unpaired) electrons. The second-order valence-electron chi connectivity index (χ2n) is 4.88. The molecule has 0 aliphatic rings. The molecule has 0 aromatic heterocycles. The van der Waals surface area contributed by atoms with E-state index < -0.39 is 17.6 Å². The van der Waals surface area contributed by atoms with Crippen LogP contribution in [0.1, 0.15) is 11.1 Å². The summed E-state index contributed by atoms with van der Waals surface area (Å²) in [7, 11) is 0. The number of nitriles is 1. The Morgan fingerprint density at radius 3 is 2.44 bits per heavy atom. The molecule has 0 aliphatic heterocycles. The van der Waals surface area contributed by atoms with E-state index >= 15 is 0 Å². The molecular weight excluding hydrogens is 376 g/mol. The smallest absolute Gasteiger partial charge is 0.321 e. The van der Waals surface area contributed by atoms with Crippen molar-refractivity contribution < 1.29 is 18.0 Å². The summed E-state index contributed by atoms with van der Waals surface area (Å²) in [6.45, 7) is 0. The van der Waals surface area contributed by atoms with Gasteiger partial charge in [-0.2, -0.15) is 18.4 Å². The van der Waals surface area contributed by atoms with Crippen LogP contribution >= 0.6 is 23.2 Å². The Kier molecular flexibility index (Phi) is 5.73. The lowest BCUT2D eigenvalue weighted by Crippen LogP contribution is -2.14. The Labute approximate surface area is 151 Å². The van der Waals surface area contributed by atoms with Gasteiger partial charge in [-0.15, -0.1) is 0 Å². The molecule has 1 N–H and O–H groups in total. The molecule has 3 nitrogen and oxygen atoms in total. The molecule has 0 aliphatic carbocycles. The predicted octanol–water partition coefficient (Wildman–Crippen LogP) is 5.56. The van der Waals surface area contributed by atoms with E-state index in [1.54, 1.807) is 12.1 Å². The molecule has 8 heteroatoms. The van der Waals surface area contributed by atoms with E-state index in [4.69, 9.17) is 28.5 Å². The van der Waals surface area contributed by atoms with Gasteiger partial charge in [0.1, 0.15) is 11.6 Å². The van der Waals surface area contributed by atoms with Crippen LogP contribution in [0.25, 0.3) is 6.08 Å². The highest BCUT2D eigenvalue weighted by Crippen LogP contribution is 2.30. The number of hydrogen-bond acceptors (Lipinski definition) is 2. The fourth-order valence-corrected chi connectivity index (χ4v) is 2.20. The van der Waals surface area contributed by atoms with Crippen molar-refractivity contribution in [3.63, 3.8) is 0 Å². The van der Waals surface area contributed by atoms with E-state index in [1.165, 1.54) is 24.3 Å². The SMILES string of the molecule is N#C/C(=C\c1ccc(Cl)c(Cl)c1)C(=O)Nc1cccc(C(F)(F)F)c1. The number of carbonyl (C=O) groups is 1. The van der Waals surface area contributed by atoms with Gasteiger partial charge in [-0.25, -0.2) is 0 Å². The van der Waals surface area contributed by atoms with Gasteiger partial charge >= 0.3 is 6.18 Å². The van der Waals surface area contributed by atoms with Crippen LogP contribution in [-0.4, -0.2) is 5.91 Å². The summed E-state index contributed by atoms with van der Waals surface area (Å²) in [6.07, 6.45) is -3.28. The molecule has 0 heterocycles. The van der Waals surface area contributed by atoms with Crippen molar-refractivity contribution >= 4 is 40.9 Å². The van der Waals surface area contributed by atoms with Crippen molar-refractivity contribution in [3.8, 4) is 6.07 Å². The summed E-state index contributed by atoms with van der Waals surface area (Å²) in [4.78, 5) is 12.1. The number of carbonyl (C=O) groups excluding carboxylic acids is 1. The van der Waals surface area contributed by atoms with Gasteiger partial charge in [-0.3, -0.25) is 4.79 Å². The fourth-order valence-electron chi connectivity index (χ4n) is 1.89. The maximum absolute atomic E-state index is 12.7. The maximum atomic E-state index is 12.7. The van der Waals surface area contributed by atoms with Gasteiger partial charge < -0.3 is 5.32 Å². The highest BCUT2D eigenvalue weighted by molar-refractivity contribution is 6.42. The number of amides is 1. The standard InChI is InChI=1S/C17H9Cl2F3N2O/c18-14-5-4-10(7-15(14)19)6-11(9-23)16(25)24-13-3-1-2-12(8-13)17(20,21)22/h1-8H,(H,24,25)/b11-6+. The molecule has 0 fully saturated rings. The van der Waals surface area contributed by atoms with Crippen LogP contribution in [0.3, 0.4) is 0 Å². The average molecular weight is 385 g/mol. The van der Waals surface area contributed by atoms with Crippen LogP contribution in [-0.2, 0) is 11.0 Å². The molecule has 2 aromatic carbocycles. The summed E-state index contributed by atoms with van der Waals surface area (Å²) in [5, 5.41) is 11.9. The van der Waals surface area contributed by atoms with Crippen molar-refractivity contribution in [2.75, 3.05) is 5.32 Å². The number of nitrogens with one attached hydrogen (secondary N) is 1. The number of benzene rings is 2. The highest BCUT2D eigenvalue weighted by atomic mass is 35.5. The number of anilines is 1. The quantitative estimate of drug-likeness (QED) is 0.556. The van der Waals surface area contributed by atoms with Crippen molar-refractivity contribution in [1.82, 2.24) is 0 Å². The van der Waals surface area contributed by atoms with Gasteiger partial charge in [-0.05, 0) is 42.0 Å². The fraction of sp³-hybridized carbons (Fsp3) is 0.0588. The first-order valence-electron chi connectivity index (χ1n) is 6.76. The number of alkyl halides is 3. The van der Waals surface area contributed by atoms with Gasteiger partial charge in [0.2, 0.25) is 0 Å². The van der Waals surface area contributed by atoms with Crippen LogP contribution in [0.4, 0.5) is 18.9 Å². The monoisotopic (exact) mass is 384 g/mol. The summed E-state index contributed by atoms with van der Waals surface area (Å²) < 4.78 is 38.1. The Morgan fingerprint density at radius 2 is 1.84 bits per heavy atom. The second-order valence-corrected chi connectivity index (χ2v) is 5.69. The van der Waals surface area contributed by atoms with Gasteiger partial charge in [-0.1, -0.05) is 35.3 Å². The lowest BCUT2D eigenvalue weighted by atomic mass is 10.1. The van der Waals surface area contributed by atoms with Crippen molar-refractivity contribution in [1.29, 1.82) is 5.26 Å². The number of nitrogens with zero attached hydrogens (tertiary/aromatic N) is 1. The van der Waals surface area contributed by atoms with E-state index in [1.807, 2.05) is 0 Å². The largest absolute Gasteiger partial charge is 0.416 e. The van der Waals surface area contributed by atoms with Crippen LogP contribution in [0.15, 0.2) is 48.0 Å². The van der Waals surface area contributed by atoms with Crippen LogP contribution in [0.2, 0.25) is 10.0 Å². The molecule has 25 heavy (non-hydrogen) atoms. The van der Waals surface area contributed by atoms with E-state index in [-0.39, 0.29) is 16.3 Å². The molecule has 0 saturated heterocycles. The van der Waals surface area contributed by atoms with Crippen LogP contribution in [0, 0.1) is 11.3 Å². The van der Waals surface area contributed by atoms with Crippen molar-refractivity contribution in [2.24, 2.45) is 0 Å². The van der Waals surface area contributed by atoms with Gasteiger partial charge in [0, 0.05) is 5.69 Å². The molecular formula is C17H9Cl2F3N2O. The Bertz CT molecular complexity index is 886. The molecule has 0 saturated carbocycles. The number of hydrogen-bond donors (Lipinski definition) is 1. The molecule has 128 valence electrons. The lowest BCUT2D eigenvalue weighted by molar-refractivity contribution is -0.137. The van der Waals surface area contributed by atoms with Crippen LogP contribution < -0.4 is 5.32 Å². The normalized spacial score (nSPS) is 11.8. The van der Waals surface area contributed by atoms with Gasteiger partial charge in [0.25, 0.3) is 5.91 Å². The van der Waals surface area contributed by atoms with Gasteiger partial charge in [0.15, 0.2) is 0 Å². The summed E-state index contributed by atoms with van der Waals surface area (Å²) in [5.41, 5.74) is -0.826. The van der Waals surface area contributed by atoms with E-state index in [2.05, 4.69) is 5.32 Å². The third kappa shape index (κ3) is 4.99. The predicted molar refractivity (Wildman–Crippen MR) is 90.1 cm³/mol. The minimum absolute atomic E-state index is 0.0740. The Hall–Kier alpha value is -2.49. The zero-order valence-corrected chi connectivity index (χ0v) is 13.9. The molecule has 2 aromatic rings. The van der Waals surface area contributed by atoms with Crippen LogP contribution in [0.5, 0.6) is 0 Å². The zero-order chi connectivity index (χ0) is 18.6. The summed E-state index contributed by atoms with van der Waals surface area (Å²) in [5.74, 6) is -0.840. The second kappa shape index (κ2) is 7.60. The maximum Gasteiger partial charge on any atom is 0.416 e.